The molecule has 4 aliphatic carbocycles. The number of hydrogen-bond donors (Lipinski definition) is 1. The second-order valence-corrected chi connectivity index (χ2v) is 8.26. The van der Waals surface area contributed by atoms with Crippen molar-refractivity contribution in [1.82, 2.24) is 0 Å². The van der Waals surface area contributed by atoms with Crippen molar-refractivity contribution in [3.63, 3.8) is 0 Å². The summed E-state index contributed by atoms with van der Waals surface area (Å²) in [5.41, 5.74) is 7.37. The minimum Gasteiger partial charge on any atom is -0.324 e. The number of ketones is 2. The van der Waals surface area contributed by atoms with E-state index in [0.717, 1.165) is 37.7 Å². The maximum Gasteiger partial charge on any atom is 0.178 e. The fraction of sp³-hybridized carbons (Fsp3) is 0.684. The maximum atomic E-state index is 12.4. The molecule has 3 saturated carbocycles. The second-order valence-electron chi connectivity index (χ2n) is 8.26. The smallest absolute Gasteiger partial charge is 0.178 e. The van der Waals surface area contributed by atoms with Gasteiger partial charge >= 0.3 is 0 Å². The van der Waals surface area contributed by atoms with E-state index in [0.29, 0.717) is 23.5 Å². The summed E-state index contributed by atoms with van der Waals surface area (Å²) in [5, 5.41) is 0. The Kier molecular flexibility index (Phi) is 2.88. The molecule has 4 aliphatic rings. The zero-order chi connectivity index (χ0) is 15.7. The Labute approximate surface area is 132 Å². The van der Waals surface area contributed by atoms with E-state index in [4.69, 9.17) is 5.73 Å². The Hall–Kier alpha value is -1.22. The lowest BCUT2D eigenvalue weighted by molar-refractivity contribution is -0.131. The van der Waals surface area contributed by atoms with Crippen LogP contribution in [0.1, 0.15) is 46.0 Å². The second kappa shape index (κ2) is 4.41. The number of fused-ring (bicyclic) bond motifs is 5. The van der Waals surface area contributed by atoms with Gasteiger partial charge in [0.05, 0.1) is 0 Å². The highest BCUT2D eigenvalue weighted by Gasteiger charge is 2.59. The van der Waals surface area contributed by atoms with E-state index in [1.165, 1.54) is 0 Å². The van der Waals surface area contributed by atoms with Crippen molar-refractivity contribution < 1.29 is 9.59 Å². The van der Waals surface area contributed by atoms with E-state index < -0.39 is 0 Å². The summed E-state index contributed by atoms with van der Waals surface area (Å²) in [6, 6.07) is -0.0433. The van der Waals surface area contributed by atoms with Gasteiger partial charge < -0.3 is 5.73 Å². The first-order valence-corrected chi connectivity index (χ1v) is 8.60. The van der Waals surface area contributed by atoms with Gasteiger partial charge in [0.1, 0.15) is 5.78 Å². The van der Waals surface area contributed by atoms with Crippen LogP contribution in [-0.2, 0) is 9.59 Å². The van der Waals surface area contributed by atoms with Gasteiger partial charge in [-0.05, 0) is 61.2 Å². The minimum absolute atomic E-state index is 0.0433. The van der Waals surface area contributed by atoms with E-state index in [1.807, 2.05) is 0 Å². The van der Waals surface area contributed by atoms with E-state index in [-0.39, 0.29) is 22.7 Å². The molecule has 0 saturated heterocycles. The van der Waals surface area contributed by atoms with E-state index >= 15 is 0 Å². The Morgan fingerprint density at radius 2 is 1.95 bits per heavy atom. The highest BCUT2D eigenvalue weighted by Crippen LogP contribution is 2.63. The van der Waals surface area contributed by atoms with Crippen LogP contribution < -0.4 is 5.73 Å². The highest BCUT2D eigenvalue weighted by molar-refractivity contribution is 6.01. The molecule has 3 heteroatoms. The van der Waals surface area contributed by atoms with Gasteiger partial charge in [0, 0.05) is 23.3 Å². The Bertz CT molecular complexity index is 619. The summed E-state index contributed by atoms with van der Waals surface area (Å²) in [4.78, 5) is 24.2. The fourth-order valence-electron chi connectivity index (χ4n) is 6.10. The number of allylic oxidation sites excluding steroid dienone is 3. The van der Waals surface area contributed by atoms with Crippen molar-refractivity contribution >= 4 is 11.6 Å². The van der Waals surface area contributed by atoms with Gasteiger partial charge in [-0.15, -0.1) is 0 Å². The first-order valence-electron chi connectivity index (χ1n) is 8.60. The fourth-order valence-corrected chi connectivity index (χ4v) is 6.10. The van der Waals surface area contributed by atoms with Gasteiger partial charge in [0.15, 0.2) is 5.78 Å². The molecule has 118 valence electrons. The summed E-state index contributed by atoms with van der Waals surface area (Å²) in [6.45, 7) is 4.43. The molecular weight excluding hydrogens is 274 g/mol. The van der Waals surface area contributed by atoms with Gasteiger partial charge in [-0.25, -0.2) is 0 Å². The van der Waals surface area contributed by atoms with E-state index in [9.17, 15) is 9.59 Å². The van der Waals surface area contributed by atoms with Crippen molar-refractivity contribution in [1.29, 1.82) is 0 Å². The molecule has 0 aromatic carbocycles. The molecule has 0 aromatic heterocycles. The summed E-state index contributed by atoms with van der Waals surface area (Å²) in [5.74, 6) is 2.05. The van der Waals surface area contributed by atoms with Gasteiger partial charge in [-0.3, -0.25) is 9.59 Å². The molecule has 6 atom stereocenters. The van der Waals surface area contributed by atoms with Gasteiger partial charge in [-0.1, -0.05) is 19.9 Å². The number of nitrogens with two attached hydrogens (primary N) is 1. The summed E-state index contributed by atoms with van der Waals surface area (Å²) in [6.07, 6.45) is 10.4. The van der Waals surface area contributed by atoms with Crippen LogP contribution in [0.3, 0.4) is 0 Å². The van der Waals surface area contributed by atoms with Crippen molar-refractivity contribution in [2.24, 2.45) is 34.3 Å². The van der Waals surface area contributed by atoms with Crippen LogP contribution in [0.15, 0.2) is 23.8 Å². The number of hydrogen-bond acceptors (Lipinski definition) is 3. The monoisotopic (exact) mass is 299 g/mol. The normalized spacial score (nSPS) is 50.2. The molecule has 4 rings (SSSR count). The van der Waals surface area contributed by atoms with E-state index in [2.05, 4.69) is 19.9 Å². The zero-order valence-corrected chi connectivity index (χ0v) is 13.5. The maximum absolute atomic E-state index is 12.4. The lowest BCUT2D eigenvalue weighted by Crippen LogP contribution is -2.54. The molecule has 0 aliphatic heterocycles. The Morgan fingerprint density at radius 3 is 2.73 bits per heavy atom. The third kappa shape index (κ3) is 1.66. The molecule has 0 amide bonds. The third-order valence-electron chi connectivity index (χ3n) is 7.36. The molecule has 22 heavy (non-hydrogen) atoms. The van der Waals surface area contributed by atoms with Crippen molar-refractivity contribution in [2.75, 3.05) is 0 Å². The zero-order valence-electron chi connectivity index (χ0n) is 13.5. The number of Topliss-reactive ketones (excluding diaryl/α,β-unsaturated/α-hetero) is 1. The lowest BCUT2D eigenvalue weighted by Gasteiger charge is -2.57. The van der Waals surface area contributed by atoms with E-state index in [1.54, 1.807) is 12.2 Å². The SMILES string of the molecule is C[C@]12C=CC(=O)C=C1C(N)C[C@@H]1[C@@H]2CC[C@]2(C)C(=O)CC[C@@H]12. The Balaban J connectivity index is 1.76. The molecular formula is C19H25NO2. The topological polar surface area (TPSA) is 60.2 Å². The van der Waals surface area contributed by atoms with Crippen molar-refractivity contribution in [3.8, 4) is 0 Å². The molecule has 0 spiro atoms. The molecule has 0 aromatic rings. The number of carbonyl (C=O) groups excluding carboxylic acids is 2. The van der Waals surface area contributed by atoms with Crippen LogP contribution in [0.2, 0.25) is 0 Å². The predicted molar refractivity (Wildman–Crippen MR) is 85.0 cm³/mol. The standard InChI is InChI=1S/C19H25NO2/c1-18-7-5-11(21)9-15(18)16(20)10-12-13-3-4-17(22)19(13,2)8-6-14(12)18/h5,7,9,12-14,16H,3-4,6,8,10,20H2,1-2H3/t12-,13-,14-,16?,18+,19-/m0/s1. The summed E-state index contributed by atoms with van der Waals surface area (Å²) < 4.78 is 0. The number of carbonyl (C=O) groups is 2. The van der Waals surface area contributed by atoms with Crippen LogP contribution in [0.4, 0.5) is 0 Å². The molecule has 0 bridgehead atoms. The quantitative estimate of drug-likeness (QED) is 0.748. The minimum atomic E-state index is -0.118. The van der Waals surface area contributed by atoms with Crippen molar-refractivity contribution in [3.05, 3.63) is 23.8 Å². The summed E-state index contributed by atoms with van der Waals surface area (Å²) in [7, 11) is 0. The largest absolute Gasteiger partial charge is 0.324 e. The average molecular weight is 299 g/mol. The lowest BCUT2D eigenvalue weighted by atomic mass is 9.47. The average Bonchev–Trinajstić information content (AvgIpc) is 2.77. The van der Waals surface area contributed by atoms with Crippen LogP contribution in [0.25, 0.3) is 0 Å². The first kappa shape index (κ1) is 14.4. The highest BCUT2D eigenvalue weighted by atomic mass is 16.1. The number of rotatable bonds is 0. The third-order valence-corrected chi connectivity index (χ3v) is 7.36. The van der Waals surface area contributed by atoms with Gasteiger partial charge in [0.25, 0.3) is 0 Å². The van der Waals surface area contributed by atoms with Gasteiger partial charge in [0.2, 0.25) is 0 Å². The molecule has 0 heterocycles. The molecule has 3 nitrogen and oxygen atoms in total. The first-order chi connectivity index (χ1) is 10.4. The van der Waals surface area contributed by atoms with Crippen LogP contribution in [0.5, 0.6) is 0 Å². The summed E-state index contributed by atoms with van der Waals surface area (Å²) >= 11 is 0. The van der Waals surface area contributed by atoms with Gasteiger partial charge in [-0.2, -0.15) is 0 Å². The molecule has 3 fully saturated rings. The predicted octanol–water partition coefficient (Wildman–Crippen LogP) is 2.80. The van der Waals surface area contributed by atoms with Crippen molar-refractivity contribution in [2.45, 2.75) is 52.0 Å². The molecule has 2 N–H and O–H groups in total. The van der Waals surface area contributed by atoms with Crippen LogP contribution in [0, 0.1) is 28.6 Å². The van der Waals surface area contributed by atoms with Crippen LogP contribution in [-0.4, -0.2) is 17.6 Å². The Morgan fingerprint density at radius 1 is 1.18 bits per heavy atom. The molecule has 1 unspecified atom stereocenters. The van der Waals surface area contributed by atoms with Crippen LogP contribution >= 0.6 is 0 Å². The molecule has 0 radical (unpaired) electrons.